The number of amides is 1. The third kappa shape index (κ3) is 5.42. The molecule has 3 aromatic carbocycles. The van der Waals surface area contributed by atoms with Gasteiger partial charge in [0, 0.05) is 30.0 Å². The Labute approximate surface area is 228 Å². The Hall–Kier alpha value is -4.42. The molecule has 0 saturated heterocycles. The van der Waals surface area contributed by atoms with E-state index in [1.54, 1.807) is 32.0 Å². The molecule has 1 unspecified atom stereocenters. The normalized spacial score (nSPS) is 13.7. The second-order valence-corrected chi connectivity index (χ2v) is 10.4. The average Bonchev–Trinajstić information content (AvgIpc) is 3.34. The van der Waals surface area contributed by atoms with Gasteiger partial charge in [-0.25, -0.2) is 0 Å². The number of aryl methyl sites for hydroxylation is 3. The van der Waals surface area contributed by atoms with Crippen LogP contribution in [0.3, 0.4) is 0 Å². The van der Waals surface area contributed by atoms with Crippen LogP contribution in [0.5, 0.6) is 0 Å². The maximum atomic E-state index is 13.3. The van der Waals surface area contributed by atoms with E-state index in [-0.39, 0.29) is 18.4 Å². The first-order chi connectivity index (χ1) is 18.6. The van der Waals surface area contributed by atoms with Crippen LogP contribution in [0.4, 0.5) is 0 Å². The van der Waals surface area contributed by atoms with Crippen LogP contribution >= 0.6 is 0 Å². The molecule has 0 fully saturated rings. The minimum atomic E-state index is -1.43. The van der Waals surface area contributed by atoms with Crippen LogP contribution in [0.1, 0.15) is 57.8 Å². The predicted octanol–water partition coefficient (Wildman–Crippen LogP) is 5.70. The molecular formula is C33H32N2O4. The van der Waals surface area contributed by atoms with E-state index in [1.807, 2.05) is 48.5 Å². The number of aromatic nitrogens is 1. The van der Waals surface area contributed by atoms with E-state index >= 15 is 0 Å². The standard InChI is InChI=1S/C33H32N2O4/c1-21-10-12-28(22(2)16-21)32(25-8-6-5-7-9-25)34-31(36)19-24-11-13-29-26(18-24)20-30(39-29)33(4,37)27-14-15-35(38)23(3)17-27/h5-18,20,32,37H,19H2,1-4H3,(H,34,36)/t32-,33?/m0/s1. The lowest BCUT2D eigenvalue weighted by molar-refractivity contribution is -0.612. The van der Waals surface area contributed by atoms with Gasteiger partial charge in [0.2, 0.25) is 5.91 Å². The highest BCUT2D eigenvalue weighted by atomic mass is 16.5. The maximum absolute atomic E-state index is 13.3. The van der Waals surface area contributed by atoms with Gasteiger partial charge in [-0.1, -0.05) is 60.2 Å². The lowest BCUT2D eigenvalue weighted by Gasteiger charge is -2.22. The Balaban J connectivity index is 1.39. The number of benzene rings is 3. The number of nitrogens with one attached hydrogen (secondary N) is 1. The second-order valence-electron chi connectivity index (χ2n) is 10.4. The predicted molar refractivity (Wildman–Crippen MR) is 151 cm³/mol. The molecule has 0 bridgehead atoms. The van der Waals surface area contributed by atoms with E-state index in [9.17, 15) is 15.1 Å². The topological polar surface area (TPSA) is 89.4 Å². The number of furan rings is 1. The summed E-state index contributed by atoms with van der Waals surface area (Å²) in [6, 6.07) is 26.6. The third-order valence-electron chi connectivity index (χ3n) is 7.26. The summed E-state index contributed by atoms with van der Waals surface area (Å²) < 4.78 is 6.73. The number of nitrogens with zero attached hydrogens (tertiary/aromatic N) is 1. The first-order valence-corrected chi connectivity index (χ1v) is 13.0. The number of pyridine rings is 1. The molecule has 2 aromatic heterocycles. The van der Waals surface area contributed by atoms with Crippen LogP contribution in [0.25, 0.3) is 11.0 Å². The molecule has 0 aliphatic heterocycles. The first kappa shape index (κ1) is 26.2. The van der Waals surface area contributed by atoms with Gasteiger partial charge in [0.1, 0.15) is 16.9 Å². The zero-order chi connectivity index (χ0) is 27.7. The van der Waals surface area contributed by atoms with Crippen molar-refractivity contribution in [3.05, 3.63) is 141 Å². The van der Waals surface area contributed by atoms with Crippen molar-refractivity contribution in [3.63, 3.8) is 0 Å². The number of carbonyl (C=O) groups excluding carboxylic acids is 1. The van der Waals surface area contributed by atoms with Crippen LogP contribution < -0.4 is 10.0 Å². The third-order valence-corrected chi connectivity index (χ3v) is 7.26. The smallest absolute Gasteiger partial charge is 0.225 e. The largest absolute Gasteiger partial charge is 0.619 e. The van der Waals surface area contributed by atoms with Gasteiger partial charge in [-0.3, -0.25) is 4.79 Å². The number of rotatable bonds is 7. The van der Waals surface area contributed by atoms with Crippen molar-refractivity contribution >= 4 is 16.9 Å². The number of fused-ring (bicyclic) bond motifs is 1. The number of aliphatic hydroxyl groups is 1. The van der Waals surface area contributed by atoms with Crippen molar-refractivity contribution in [1.82, 2.24) is 5.32 Å². The highest BCUT2D eigenvalue weighted by Crippen LogP contribution is 2.34. The highest BCUT2D eigenvalue weighted by Gasteiger charge is 2.31. The molecule has 0 radical (unpaired) electrons. The summed E-state index contributed by atoms with van der Waals surface area (Å²) in [6.07, 6.45) is 1.57. The van der Waals surface area contributed by atoms with E-state index in [1.165, 1.54) is 11.8 Å². The molecule has 6 nitrogen and oxygen atoms in total. The summed E-state index contributed by atoms with van der Waals surface area (Å²) in [5.41, 5.74) is 5.45. The van der Waals surface area contributed by atoms with Gasteiger partial charge in [-0.15, -0.1) is 0 Å². The van der Waals surface area contributed by atoms with Gasteiger partial charge < -0.3 is 20.0 Å². The molecule has 6 heteroatoms. The van der Waals surface area contributed by atoms with Gasteiger partial charge in [-0.2, -0.15) is 4.73 Å². The van der Waals surface area contributed by atoms with Gasteiger partial charge in [-0.05, 0) is 61.2 Å². The molecule has 2 atom stereocenters. The SMILES string of the molecule is Cc1ccc([C@@H](NC(=O)Cc2ccc3oc(C(C)(O)c4cc[n+]([O-])c(C)c4)cc3c2)c2ccccc2)c(C)c1. The fourth-order valence-corrected chi connectivity index (χ4v) is 5.02. The minimum absolute atomic E-state index is 0.0930. The van der Waals surface area contributed by atoms with Crippen LogP contribution in [0.2, 0.25) is 0 Å². The van der Waals surface area contributed by atoms with Crippen LogP contribution in [-0.2, 0) is 16.8 Å². The Morgan fingerprint density at radius 3 is 2.49 bits per heavy atom. The van der Waals surface area contributed by atoms with E-state index < -0.39 is 5.60 Å². The molecule has 2 N–H and O–H groups in total. The maximum Gasteiger partial charge on any atom is 0.225 e. The number of hydrogen-bond donors (Lipinski definition) is 2. The molecule has 0 saturated carbocycles. The van der Waals surface area contributed by atoms with E-state index in [0.29, 0.717) is 22.6 Å². The van der Waals surface area contributed by atoms with Crippen molar-refractivity contribution < 1.29 is 19.0 Å². The summed E-state index contributed by atoms with van der Waals surface area (Å²) in [5.74, 6) is 0.269. The lowest BCUT2D eigenvalue weighted by Crippen LogP contribution is -2.31. The van der Waals surface area contributed by atoms with Crippen molar-refractivity contribution in [1.29, 1.82) is 0 Å². The van der Waals surface area contributed by atoms with Crippen LogP contribution in [-0.4, -0.2) is 11.0 Å². The van der Waals surface area contributed by atoms with Crippen LogP contribution in [0.15, 0.2) is 95.5 Å². The van der Waals surface area contributed by atoms with Gasteiger partial charge in [0.25, 0.3) is 0 Å². The van der Waals surface area contributed by atoms with Gasteiger partial charge >= 0.3 is 0 Å². The molecule has 0 spiro atoms. The van der Waals surface area contributed by atoms with Crippen molar-refractivity contribution in [2.75, 3.05) is 0 Å². The summed E-state index contributed by atoms with van der Waals surface area (Å²) in [7, 11) is 0. The molecule has 0 aliphatic carbocycles. The molecule has 198 valence electrons. The molecule has 1 amide bonds. The van der Waals surface area contributed by atoms with Gasteiger partial charge in [0.15, 0.2) is 11.9 Å². The second kappa shape index (κ2) is 10.4. The zero-order valence-electron chi connectivity index (χ0n) is 22.6. The molecular weight excluding hydrogens is 488 g/mol. The summed E-state index contributed by atoms with van der Waals surface area (Å²) >= 11 is 0. The Morgan fingerprint density at radius 1 is 1.00 bits per heavy atom. The number of carbonyl (C=O) groups is 1. The first-order valence-electron chi connectivity index (χ1n) is 13.0. The summed E-state index contributed by atoms with van der Waals surface area (Å²) in [4.78, 5) is 13.3. The Bertz CT molecular complexity index is 1650. The zero-order valence-corrected chi connectivity index (χ0v) is 22.6. The lowest BCUT2D eigenvalue weighted by atomic mass is 9.93. The van der Waals surface area contributed by atoms with E-state index in [0.717, 1.165) is 32.4 Å². The van der Waals surface area contributed by atoms with Crippen molar-refractivity contribution in [2.24, 2.45) is 0 Å². The fourth-order valence-electron chi connectivity index (χ4n) is 5.02. The summed E-state index contributed by atoms with van der Waals surface area (Å²) in [6.45, 7) is 7.45. The molecule has 5 rings (SSSR count). The Morgan fingerprint density at radius 2 is 1.77 bits per heavy atom. The van der Waals surface area contributed by atoms with E-state index in [4.69, 9.17) is 4.42 Å². The highest BCUT2D eigenvalue weighted by molar-refractivity contribution is 5.83. The van der Waals surface area contributed by atoms with Crippen LogP contribution in [0, 0.1) is 26.0 Å². The monoisotopic (exact) mass is 520 g/mol. The minimum Gasteiger partial charge on any atom is -0.619 e. The molecule has 39 heavy (non-hydrogen) atoms. The van der Waals surface area contributed by atoms with E-state index in [2.05, 4.69) is 37.4 Å². The van der Waals surface area contributed by atoms with Crippen molar-refractivity contribution in [3.8, 4) is 0 Å². The molecule has 0 aliphatic rings. The quantitative estimate of drug-likeness (QED) is 0.213. The summed E-state index contributed by atoms with van der Waals surface area (Å²) in [5, 5.41) is 27.0. The fraction of sp³-hybridized carbons (Fsp3) is 0.212. The average molecular weight is 521 g/mol. The van der Waals surface area contributed by atoms with Gasteiger partial charge in [0.05, 0.1) is 12.5 Å². The molecule has 5 aromatic rings. The Kier molecular flexibility index (Phi) is 6.98. The molecule has 2 heterocycles. The number of hydrogen-bond acceptors (Lipinski definition) is 4. The van der Waals surface area contributed by atoms with Crippen molar-refractivity contribution in [2.45, 2.75) is 45.8 Å².